The zero-order valence-corrected chi connectivity index (χ0v) is 46.7. The molecule has 0 aromatic heterocycles. The van der Waals surface area contributed by atoms with Crippen molar-refractivity contribution in [1.82, 2.24) is 41.7 Å². The van der Waals surface area contributed by atoms with Crippen molar-refractivity contribution in [2.75, 3.05) is 37.8 Å². The summed E-state index contributed by atoms with van der Waals surface area (Å²) < 4.78 is 0. The molecule has 0 radical (unpaired) electrons. The number of nitrogens with one attached hydrogen (secondary N) is 8. The van der Waals surface area contributed by atoms with Gasteiger partial charge in [-0.1, -0.05) is 72.8 Å². The van der Waals surface area contributed by atoms with Gasteiger partial charge in [0, 0.05) is 37.3 Å². The molecule has 2 fully saturated rings. The van der Waals surface area contributed by atoms with E-state index in [0.29, 0.717) is 63.0 Å². The Morgan fingerprint density at radius 3 is 1.34 bits per heavy atom. The first-order valence-electron chi connectivity index (χ1n) is 28.8. The number of fused-ring (bicyclic) bond motifs is 2. The van der Waals surface area contributed by atoms with Crippen molar-refractivity contribution in [3.05, 3.63) is 130 Å². The lowest BCUT2D eigenvalue weighted by Gasteiger charge is -2.32. The number of amides is 8. The van der Waals surface area contributed by atoms with Gasteiger partial charge in [-0.25, -0.2) is 0 Å². The first-order chi connectivity index (χ1) is 38.7. The topological polar surface area (TPSA) is 239 Å². The summed E-state index contributed by atoms with van der Waals surface area (Å²) in [5, 5.41) is 23.9. The molecule has 8 rings (SSSR count). The Morgan fingerprint density at radius 2 is 0.925 bits per heavy atom. The average Bonchev–Trinajstić information content (AvgIpc) is 4.21. The normalized spacial score (nSPS) is 19.9. The van der Waals surface area contributed by atoms with E-state index in [2.05, 4.69) is 54.7 Å². The Balaban J connectivity index is 0.829. The van der Waals surface area contributed by atoms with Crippen LogP contribution in [0.4, 0.5) is 11.4 Å². The highest BCUT2D eigenvalue weighted by Crippen LogP contribution is 2.32. The number of aryl methyl sites for hydroxylation is 4. The third kappa shape index (κ3) is 15.3. The molecule has 2 aliphatic carbocycles. The Morgan fingerprint density at radius 1 is 0.512 bits per heavy atom. The van der Waals surface area contributed by atoms with Crippen molar-refractivity contribution in [3.63, 3.8) is 0 Å². The van der Waals surface area contributed by atoms with Gasteiger partial charge in [0.25, 0.3) is 0 Å². The van der Waals surface area contributed by atoms with Crippen molar-refractivity contribution < 1.29 is 38.4 Å². The molecule has 2 saturated heterocycles. The van der Waals surface area contributed by atoms with Gasteiger partial charge >= 0.3 is 0 Å². The van der Waals surface area contributed by atoms with Crippen LogP contribution in [0.1, 0.15) is 136 Å². The average molecular weight is 1090 g/mol. The fourth-order valence-corrected chi connectivity index (χ4v) is 11.6. The number of likely N-dealkylation sites (tertiary alicyclic amines) is 2. The van der Waals surface area contributed by atoms with Gasteiger partial charge in [-0.2, -0.15) is 0 Å². The number of rotatable bonds is 23. The highest BCUT2D eigenvalue weighted by atomic mass is 16.2. The monoisotopic (exact) mass is 1090 g/mol. The maximum absolute atomic E-state index is 14.3. The predicted octanol–water partition coefficient (Wildman–Crippen LogP) is 5.46. The first-order valence-corrected chi connectivity index (χ1v) is 28.8. The van der Waals surface area contributed by atoms with E-state index in [0.717, 1.165) is 60.8 Å². The van der Waals surface area contributed by atoms with Crippen LogP contribution in [0.3, 0.4) is 0 Å². The van der Waals surface area contributed by atoms with E-state index in [4.69, 9.17) is 0 Å². The summed E-state index contributed by atoms with van der Waals surface area (Å²) in [4.78, 5) is 113. The summed E-state index contributed by atoms with van der Waals surface area (Å²) in [5.41, 5.74) is 7.72. The Kier molecular flexibility index (Phi) is 20.6. The minimum Gasteiger partial charge on any atom is -0.347 e. The summed E-state index contributed by atoms with van der Waals surface area (Å²) in [6.45, 7) is 4.11. The molecule has 426 valence electrons. The van der Waals surface area contributed by atoms with Gasteiger partial charge < -0.3 is 52.3 Å². The molecular formula is C62H80N10O8. The fourth-order valence-electron chi connectivity index (χ4n) is 11.6. The van der Waals surface area contributed by atoms with Gasteiger partial charge in [-0.15, -0.1) is 0 Å². The number of hydrogen-bond acceptors (Lipinski definition) is 10. The molecule has 8 atom stereocenters. The molecule has 0 saturated carbocycles. The number of benzene rings is 4. The summed E-state index contributed by atoms with van der Waals surface area (Å²) in [6, 6.07) is 26.4. The van der Waals surface area contributed by atoms with Gasteiger partial charge in [0.15, 0.2) is 0 Å². The number of hydrogen-bond donors (Lipinski definition) is 8. The second kappa shape index (κ2) is 28.1. The molecular weight excluding hydrogens is 1010 g/mol. The molecule has 0 spiro atoms. The molecule has 8 N–H and O–H groups in total. The number of carbonyl (C=O) groups is 8. The standard InChI is InChI=1S/C62H80N10O8/c1-39(63-3)57(75)69-51(61(79)71-35-13-27-53(71)59(77)67-49-25-11-19-43-17-5-7-23-47(43)49)31-33-55(73)65-45-21-9-15-41(37-45)29-30-42-16-10-22-46(38-42)66-56(74)34-32-52(70-58(76)40(2)64-4)62(80)72-36-14-28-54(72)60(78)68-50-26-12-20-44-18-6-8-24-48(44)50/h5-10,15-18,21-24,37-40,49-54,63-64H,11-14,19-20,25-36H2,1-4H3,(H,65,73)(H,66,74)(H,67,77)(H,68,78)(H,69,75)(H,70,76)/t39-,40-,49+,50+,51-,52-,53-,54-/m0/s1. The molecule has 8 amide bonds. The molecule has 0 bridgehead atoms. The zero-order valence-electron chi connectivity index (χ0n) is 46.7. The number of likely N-dealkylation sites (N-methyl/N-ethyl adjacent to an activating group) is 2. The van der Waals surface area contributed by atoms with Crippen molar-refractivity contribution in [2.24, 2.45) is 0 Å². The van der Waals surface area contributed by atoms with Gasteiger partial charge in [-0.3, -0.25) is 38.4 Å². The van der Waals surface area contributed by atoms with Gasteiger partial charge in [0.05, 0.1) is 24.2 Å². The summed E-state index contributed by atoms with van der Waals surface area (Å²) in [5.74, 6) is -2.65. The molecule has 2 heterocycles. The van der Waals surface area contributed by atoms with Crippen LogP contribution in [0, 0.1) is 0 Å². The van der Waals surface area contributed by atoms with Crippen LogP contribution < -0.4 is 42.5 Å². The number of carbonyl (C=O) groups excluding carboxylic acids is 8. The SMILES string of the molecule is CN[C@@H](C)C(=O)N[C@@H](CCC(=O)Nc1cccc(CCc2cccc(NC(=O)CC[C@H](NC(=O)[C@H](C)NC)C(=O)N3CCC[C@H]3C(=O)N[C@@H]3CCCc4ccccc43)c2)c1)C(=O)N1CCC[C@H]1C(=O)N[C@@H]1CCCc2ccccc21. The Bertz CT molecular complexity index is 2690. The van der Waals surface area contributed by atoms with Crippen molar-refractivity contribution >= 4 is 58.6 Å². The van der Waals surface area contributed by atoms with E-state index in [1.807, 2.05) is 72.8 Å². The largest absolute Gasteiger partial charge is 0.347 e. The Hall–Kier alpha value is -7.44. The molecule has 0 unspecified atom stereocenters. The van der Waals surface area contributed by atoms with Crippen molar-refractivity contribution in [2.45, 2.75) is 165 Å². The smallest absolute Gasteiger partial charge is 0.245 e. The maximum atomic E-state index is 14.3. The van der Waals surface area contributed by atoms with Crippen LogP contribution in [0.15, 0.2) is 97.1 Å². The molecule has 4 aromatic rings. The third-order valence-corrected chi connectivity index (χ3v) is 16.4. The van der Waals surface area contributed by atoms with E-state index in [9.17, 15) is 38.4 Å². The highest BCUT2D eigenvalue weighted by molar-refractivity contribution is 5.97. The van der Waals surface area contributed by atoms with Crippen LogP contribution in [-0.4, -0.2) is 120 Å². The molecule has 4 aliphatic rings. The van der Waals surface area contributed by atoms with Gasteiger partial charge in [-0.05, 0) is 175 Å². The fraction of sp³-hybridized carbons (Fsp3) is 0.484. The summed E-state index contributed by atoms with van der Waals surface area (Å²) in [6.07, 6.45) is 8.92. The maximum Gasteiger partial charge on any atom is 0.245 e. The van der Waals surface area contributed by atoms with Crippen LogP contribution in [0.25, 0.3) is 0 Å². The number of nitrogens with zero attached hydrogens (tertiary/aromatic N) is 2. The lowest BCUT2D eigenvalue weighted by molar-refractivity contribution is -0.142. The molecule has 4 aromatic carbocycles. The van der Waals surface area contributed by atoms with Crippen molar-refractivity contribution in [3.8, 4) is 0 Å². The van der Waals surface area contributed by atoms with Gasteiger partial charge in [0.2, 0.25) is 47.3 Å². The predicted molar refractivity (Wildman–Crippen MR) is 307 cm³/mol. The van der Waals surface area contributed by atoms with Crippen LogP contribution in [-0.2, 0) is 64.0 Å². The van der Waals surface area contributed by atoms with Crippen LogP contribution in [0.2, 0.25) is 0 Å². The van der Waals surface area contributed by atoms with E-state index in [1.54, 1.807) is 49.9 Å². The molecule has 80 heavy (non-hydrogen) atoms. The minimum atomic E-state index is -1.03. The third-order valence-electron chi connectivity index (χ3n) is 16.4. The van der Waals surface area contributed by atoms with Crippen molar-refractivity contribution in [1.29, 1.82) is 0 Å². The highest BCUT2D eigenvalue weighted by Gasteiger charge is 2.41. The quantitative estimate of drug-likeness (QED) is 0.0467. The summed E-state index contributed by atoms with van der Waals surface area (Å²) in [7, 11) is 3.30. The molecule has 18 nitrogen and oxygen atoms in total. The first kappa shape index (κ1) is 58.7. The van der Waals surface area contributed by atoms with E-state index >= 15 is 0 Å². The Labute approximate surface area is 470 Å². The van der Waals surface area contributed by atoms with E-state index in [1.165, 1.54) is 11.1 Å². The second-order valence-corrected chi connectivity index (χ2v) is 21.9. The zero-order chi connectivity index (χ0) is 56.7. The van der Waals surface area contributed by atoms with Crippen LogP contribution >= 0.6 is 0 Å². The number of anilines is 2. The summed E-state index contributed by atoms with van der Waals surface area (Å²) >= 11 is 0. The molecule has 18 heteroatoms. The van der Waals surface area contributed by atoms with E-state index < -0.39 is 48.1 Å². The minimum absolute atomic E-state index is 0.0291. The lowest BCUT2D eigenvalue weighted by atomic mass is 9.87. The van der Waals surface area contributed by atoms with Gasteiger partial charge in [0.1, 0.15) is 24.2 Å². The van der Waals surface area contributed by atoms with E-state index in [-0.39, 0.29) is 73.2 Å². The second-order valence-electron chi connectivity index (χ2n) is 21.9. The van der Waals surface area contributed by atoms with Crippen LogP contribution in [0.5, 0.6) is 0 Å². The molecule has 2 aliphatic heterocycles. The lowest BCUT2D eigenvalue weighted by Crippen LogP contribution is -2.55.